The molecular weight excluding hydrogens is 357 g/mol. The summed E-state index contributed by atoms with van der Waals surface area (Å²) < 4.78 is 23.5. The summed E-state index contributed by atoms with van der Waals surface area (Å²) >= 11 is 11.9. The maximum Gasteiger partial charge on any atom is 0.228 e. The first-order chi connectivity index (χ1) is 10.8. The fourth-order valence-corrected chi connectivity index (χ4v) is 3.19. The van der Waals surface area contributed by atoms with Crippen LogP contribution in [0.1, 0.15) is 12.5 Å². The SMILES string of the molecule is CCS(=O)(=O)c1ccc(CC(=O)Nc2cccc(Cl)c2Cl)cc1. The van der Waals surface area contributed by atoms with Gasteiger partial charge in [0.25, 0.3) is 0 Å². The van der Waals surface area contributed by atoms with Crippen molar-refractivity contribution in [3.05, 3.63) is 58.1 Å². The van der Waals surface area contributed by atoms with Crippen molar-refractivity contribution in [1.82, 2.24) is 0 Å². The van der Waals surface area contributed by atoms with E-state index in [0.717, 1.165) is 0 Å². The monoisotopic (exact) mass is 371 g/mol. The van der Waals surface area contributed by atoms with Crippen molar-refractivity contribution >= 4 is 44.6 Å². The zero-order chi connectivity index (χ0) is 17.0. The van der Waals surface area contributed by atoms with Crippen LogP contribution in [0.15, 0.2) is 47.4 Å². The van der Waals surface area contributed by atoms with Crippen molar-refractivity contribution in [3.8, 4) is 0 Å². The summed E-state index contributed by atoms with van der Waals surface area (Å²) in [5.41, 5.74) is 1.14. The van der Waals surface area contributed by atoms with E-state index in [0.29, 0.717) is 16.3 Å². The number of anilines is 1. The topological polar surface area (TPSA) is 63.2 Å². The predicted octanol–water partition coefficient (Wildman–Crippen LogP) is 3.97. The van der Waals surface area contributed by atoms with E-state index in [1.807, 2.05) is 0 Å². The summed E-state index contributed by atoms with van der Waals surface area (Å²) in [6.45, 7) is 1.59. The summed E-state index contributed by atoms with van der Waals surface area (Å²) in [6, 6.07) is 11.2. The van der Waals surface area contributed by atoms with Gasteiger partial charge in [0.2, 0.25) is 5.91 Å². The predicted molar refractivity (Wildman–Crippen MR) is 93.0 cm³/mol. The van der Waals surface area contributed by atoms with Gasteiger partial charge in [-0.2, -0.15) is 0 Å². The lowest BCUT2D eigenvalue weighted by molar-refractivity contribution is -0.115. The molecule has 0 heterocycles. The van der Waals surface area contributed by atoms with Crippen LogP contribution in [0.3, 0.4) is 0 Å². The molecule has 4 nitrogen and oxygen atoms in total. The van der Waals surface area contributed by atoms with Crippen molar-refractivity contribution in [3.63, 3.8) is 0 Å². The van der Waals surface area contributed by atoms with Gasteiger partial charge in [-0.25, -0.2) is 8.42 Å². The van der Waals surface area contributed by atoms with Crippen LogP contribution in [0.2, 0.25) is 10.0 Å². The summed E-state index contributed by atoms with van der Waals surface area (Å²) in [6.07, 6.45) is 0.106. The number of sulfone groups is 1. The second kappa shape index (κ2) is 7.34. The van der Waals surface area contributed by atoms with E-state index < -0.39 is 9.84 Å². The van der Waals surface area contributed by atoms with E-state index in [1.54, 1.807) is 37.3 Å². The molecule has 0 unspecified atom stereocenters. The molecule has 7 heteroatoms. The lowest BCUT2D eigenvalue weighted by atomic mass is 10.1. The zero-order valence-electron chi connectivity index (χ0n) is 12.3. The van der Waals surface area contributed by atoms with Gasteiger partial charge < -0.3 is 5.32 Å². The van der Waals surface area contributed by atoms with E-state index in [9.17, 15) is 13.2 Å². The lowest BCUT2D eigenvalue weighted by Crippen LogP contribution is -2.14. The molecule has 0 aliphatic heterocycles. The molecular formula is C16H15Cl2NO3S. The van der Waals surface area contributed by atoms with Crippen LogP contribution < -0.4 is 5.32 Å². The fourth-order valence-electron chi connectivity index (χ4n) is 1.96. The number of benzene rings is 2. The maximum atomic E-state index is 12.1. The van der Waals surface area contributed by atoms with E-state index in [2.05, 4.69) is 5.32 Å². The van der Waals surface area contributed by atoms with Crippen LogP contribution in [0, 0.1) is 0 Å². The molecule has 2 aromatic carbocycles. The van der Waals surface area contributed by atoms with Crippen molar-refractivity contribution in [2.24, 2.45) is 0 Å². The highest BCUT2D eigenvalue weighted by molar-refractivity contribution is 7.91. The van der Waals surface area contributed by atoms with Crippen LogP contribution in [-0.4, -0.2) is 20.1 Å². The zero-order valence-corrected chi connectivity index (χ0v) is 14.7. The standard InChI is InChI=1S/C16H15Cl2NO3S/c1-2-23(21,22)12-8-6-11(7-9-12)10-15(20)19-14-5-3-4-13(17)16(14)18/h3-9H,2,10H2,1H3,(H,19,20). The molecule has 0 saturated carbocycles. The highest BCUT2D eigenvalue weighted by Crippen LogP contribution is 2.29. The van der Waals surface area contributed by atoms with Gasteiger partial charge in [0, 0.05) is 0 Å². The number of halogens is 2. The molecule has 0 atom stereocenters. The first-order valence-corrected chi connectivity index (χ1v) is 9.30. The minimum atomic E-state index is -3.24. The summed E-state index contributed by atoms with van der Waals surface area (Å²) in [4.78, 5) is 12.3. The molecule has 0 aromatic heterocycles. The van der Waals surface area contributed by atoms with Crippen molar-refractivity contribution in [2.75, 3.05) is 11.1 Å². The molecule has 1 N–H and O–H groups in total. The third kappa shape index (κ3) is 4.47. The molecule has 1 amide bonds. The van der Waals surface area contributed by atoms with Crippen LogP contribution in [0.5, 0.6) is 0 Å². The minimum Gasteiger partial charge on any atom is -0.324 e. The molecule has 0 aliphatic rings. The Morgan fingerprint density at radius 2 is 1.74 bits per heavy atom. The Labute approximate surface area is 145 Å². The number of carbonyl (C=O) groups excluding carboxylic acids is 1. The Morgan fingerprint density at radius 1 is 1.09 bits per heavy atom. The summed E-state index contributed by atoms with van der Waals surface area (Å²) in [5, 5.41) is 3.33. The number of rotatable bonds is 5. The van der Waals surface area contributed by atoms with Gasteiger partial charge in [-0.3, -0.25) is 4.79 Å². The quantitative estimate of drug-likeness (QED) is 0.864. The van der Waals surface area contributed by atoms with E-state index in [-0.39, 0.29) is 28.0 Å². The molecule has 2 aromatic rings. The Kier molecular flexibility index (Phi) is 5.68. The van der Waals surface area contributed by atoms with Crippen LogP contribution >= 0.6 is 23.2 Å². The first-order valence-electron chi connectivity index (χ1n) is 6.89. The molecule has 23 heavy (non-hydrogen) atoms. The maximum absolute atomic E-state index is 12.1. The number of carbonyl (C=O) groups is 1. The fraction of sp³-hybridized carbons (Fsp3) is 0.188. The summed E-state index contributed by atoms with van der Waals surface area (Å²) in [5.74, 6) is -0.222. The number of hydrogen-bond donors (Lipinski definition) is 1. The molecule has 0 radical (unpaired) electrons. The van der Waals surface area contributed by atoms with E-state index in [1.165, 1.54) is 12.1 Å². The first kappa shape index (κ1) is 17.8. The second-order valence-electron chi connectivity index (χ2n) is 4.87. The number of nitrogens with one attached hydrogen (secondary N) is 1. The van der Waals surface area contributed by atoms with Crippen LogP contribution in [0.4, 0.5) is 5.69 Å². The molecule has 2 rings (SSSR count). The smallest absolute Gasteiger partial charge is 0.228 e. The van der Waals surface area contributed by atoms with Gasteiger partial charge in [0.05, 0.1) is 32.8 Å². The van der Waals surface area contributed by atoms with E-state index in [4.69, 9.17) is 23.2 Å². The molecule has 0 fully saturated rings. The molecule has 0 saturated heterocycles. The van der Waals surface area contributed by atoms with Gasteiger partial charge in [-0.1, -0.05) is 48.3 Å². The molecule has 0 bridgehead atoms. The largest absolute Gasteiger partial charge is 0.324 e. The van der Waals surface area contributed by atoms with Crippen molar-refractivity contribution < 1.29 is 13.2 Å². The van der Waals surface area contributed by atoms with Gasteiger partial charge >= 0.3 is 0 Å². The molecule has 0 spiro atoms. The Morgan fingerprint density at radius 3 is 2.35 bits per heavy atom. The lowest BCUT2D eigenvalue weighted by Gasteiger charge is -2.08. The van der Waals surface area contributed by atoms with Crippen molar-refractivity contribution in [1.29, 1.82) is 0 Å². The Bertz CT molecular complexity index is 818. The van der Waals surface area contributed by atoms with Crippen LogP contribution in [-0.2, 0) is 21.1 Å². The minimum absolute atomic E-state index is 0.0418. The molecule has 122 valence electrons. The average molecular weight is 372 g/mol. The average Bonchev–Trinajstić information content (AvgIpc) is 2.52. The second-order valence-corrected chi connectivity index (χ2v) is 7.94. The van der Waals surface area contributed by atoms with Gasteiger partial charge in [0.1, 0.15) is 0 Å². The normalized spacial score (nSPS) is 11.3. The van der Waals surface area contributed by atoms with Gasteiger partial charge in [-0.15, -0.1) is 0 Å². The third-order valence-electron chi connectivity index (χ3n) is 3.25. The number of hydrogen-bond acceptors (Lipinski definition) is 3. The number of amides is 1. The van der Waals surface area contributed by atoms with Gasteiger partial charge in [0.15, 0.2) is 9.84 Å². The van der Waals surface area contributed by atoms with E-state index >= 15 is 0 Å². The van der Waals surface area contributed by atoms with Crippen LogP contribution in [0.25, 0.3) is 0 Å². The highest BCUT2D eigenvalue weighted by Gasteiger charge is 2.12. The van der Waals surface area contributed by atoms with Gasteiger partial charge in [-0.05, 0) is 29.8 Å². The Balaban J connectivity index is 2.07. The summed E-state index contributed by atoms with van der Waals surface area (Å²) in [7, 11) is -3.24. The highest BCUT2D eigenvalue weighted by atomic mass is 35.5. The molecule has 0 aliphatic carbocycles. The Hall–Kier alpha value is -1.56. The van der Waals surface area contributed by atoms with Crippen molar-refractivity contribution in [2.45, 2.75) is 18.2 Å². The third-order valence-corrected chi connectivity index (χ3v) is 5.82.